The monoisotopic (exact) mass is 444 g/mol. The lowest BCUT2D eigenvalue weighted by Gasteiger charge is -2.37. The second kappa shape index (κ2) is 10.9. The van der Waals surface area contributed by atoms with Crippen LogP contribution in [0.5, 0.6) is 0 Å². The topological polar surface area (TPSA) is 39.7 Å². The molecule has 1 aliphatic heterocycles. The van der Waals surface area contributed by atoms with Crippen LogP contribution in [-0.2, 0) is 13.0 Å². The Kier molecular flexibility index (Phi) is 9.66. The van der Waals surface area contributed by atoms with Crippen LogP contribution in [0.15, 0.2) is 29.3 Å². The third kappa shape index (κ3) is 5.92. The van der Waals surface area contributed by atoms with Crippen LogP contribution in [0.4, 0.5) is 0 Å². The maximum Gasteiger partial charge on any atom is 0.191 e. The van der Waals surface area contributed by atoms with Gasteiger partial charge in [-0.2, -0.15) is 0 Å². The minimum Gasteiger partial charge on any atom is -0.357 e. The van der Waals surface area contributed by atoms with Crippen molar-refractivity contribution in [1.29, 1.82) is 0 Å². The van der Waals surface area contributed by atoms with Gasteiger partial charge >= 0.3 is 0 Å². The van der Waals surface area contributed by atoms with Gasteiger partial charge in [-0.3, -0.25) is 9.89 Å². The molecule has 2 N–H and O–H groups in total. The van der Waals surface area contributed by atoms with Gasteiger partial charge in [-0.1, -0.05) is 38.1 Å². The van der Waals surface area contributed by atoms with Crippen molar-refractivity contribution in [1.82, 2.24) is 15.5 Å². The molecule has 0 aliphatic carbocycles. The Hall–Kier alpha value is -0.820. The molecule has 4 nitrogen and oxygen atoms in total. The number of guanidine groups is 1. The summed E-state index contributed by atoms with van der Waals surface area (Å²) in [6.07, 6.45) is 1.15. The Morgan fingerprint density at radius 1 is 1.12 bits per heavy atom. The fraction of sp³-hybridized carbons (Fsp3) is 0.632. The highest BCUT2D eigenvalue weighted by atomic mass is 127. The standard InChI is InChI=1S/C19H32N4.HI/c1-5-20-19(21-6-2)22-13-18(15(3)4)23-12-11-16-9-7-8-10-17(16)14-23;/h7-10,15,18H,5-6,11-14H2,1-4H3,(H2,20,21,22);1H. The Labute approximate surface area is 164 Å². The average Bonchev–Trinajstić information content (AvgIpc) is 2.55. The summed E-state index contributed by atoms with van der Waals surface area (Å²) in [6, 6.07) is 9.32. The lowest BCUT2D eigenvalue weighted by atomic mass is 9.95. The zero-order chi connectivity index (χ0) is 16.7. The fourth-order valence-corrected chi connectivity index (χ4v) is 3.24. The van der Waals surface area contributed by atoms with Gasteiger partial charge < -0.3 is 10.6 Å². The van der Waals surface area contributed by atoms with Crippen molar-refractivity contribution in [3.8, 4) is 0 Å². The molecule has 0 fully saturated rings. The van der Waals surface area contributed by atoms with E-state index >= 15 is 0 Å². The summed E-state index contributed by atoms with van der Waals surface area (Å²) in [6.45, 7) is 13.6. The fourth-order valence-electron chi connectivity index (χ4n) is 3.24. The van der Waals surface area contributed by atoms with Gasteiger partial charge in [0, 0.05) is 32.2 Å². The lowest BCUT2D eigenvalue weighted by Crippen LogP contribution is -2.45. The normalized spacial score (nSPS) is 15.2. The van der Waals surface area contributed by atoms with E-state index in [1.165, 1.54) is 11.1 Å². The van der Waals surface area contributed by atoms with Crippen LogP contribution in [0.3, 0.4) is 0 Å². The van der Waals surface area contributed by atoms with Gasteiger partial charge in [0.05, 0.1) is 6.54 Å². The number of nitrogens with zero attached hydrogens (tertiary/aromatic N) is 2. The number of hydrogen-bond donors (Lipinski definition) is 2. The number of nitrogens with one attached hydrogen (secondary N) is 2. The third-order valence-corrected chi connectivity index (χ3v) is 4.52. The van der Waals surface area contributed by atoms with E-state index in [1.807, 2.05) is 0 Å². The molecule has 1 unspecified atom stereocenters. The molecular formula is C19H33IN4. The maximum atomic E-state index is 4.81. The summed E-state index contributed by atoms with van der Waals surface area (Å²) in [4.78, 5) is 7.41. The van der Waals surface area contributed by atoms with Crippen LogP contribution in [0, 0.1) is 5.92 Å². The molecule has 0 amide bonds. The number of benzene rings is 1. The van der Waals surface area contributed by atoms with Crippen molar-refractivity contribution in [3.05, 3.63) is 35.4 Å². The van der Waals surface area contributed by atoms with Crippen LogP contribution in [0.25, 0.3) is 0 Å². The van der Waals surface area contributed by atoms with E-state index in [0.717, 1.165) is 45.1 Å². The van der Waals surface area contributed by atoms with Crippen molar-refractivity contribution in [2.45, 2.75) is 46.7 Å². The van der Waals surface area contributed by atoms with E-state index in [0.29, 0.717) is 12.0 Å². The second-order valence-electron chi connectivity index (χ2n) is 6.55. The van der Waals surface area contributed by atoms with E-state index in [4.69, 9.17) is 4.99 Å². The summed E-state index contributed by atoms with van der Waals surface area (Å²) in [5.74, 6) is 1.52. The Morgan fingerprint density at radius 3 is 2.33 bits per heavy atom. The van der Waals surface area contributed by atoms with Crippen molar-refractivity contribution in [2.24, 2.45) is 10.9 Å². The second-order valence-corrected chi connectivity index (χ2v) is 6.55. The first-order chi connectivity index (χ1) is 11.2. The smallest absolute Gasteiger partial charge is 0.191 e. The van der Waals surface area contributed by atoms with Crippen LogP contribution in [0.1, 0.15) is 38.8 Å². The first kappa shape index (κ1) is 21.2. The van der Waals surface area contributed by atoms with E-state index in [9.17, 15) is 0 Å². The molecule has 5 heteroatoms. The number of rotatable bonds is 6. The van der Waals surface area contributed by atoms with Gasteiger partial charge in [-0.05, 0) is 37.3 Å². The highest BCUT2D eigenvalue weighted by molar-refractivity contribution is 14.0. The molecule has 2 rings (SSSR count). The molecule has 24 heavy (non-hydrogen) atoms. The predicted molar refractivity (Wildman–Crippen MR) is 114 cm³/mol. The van der Waals surface area contributed by atoms with Crippen molar-refractivity contribution >= 4 is 29.9 Å². The summed E-state index contributed by atoms with van der Waals surface area (Å²) in [5, 5.41) is 6.63. The van der Waals surface area contributed by atoms with Crippen LogP contribution in [-0.4, -0.2) is 43.1 Å². The SMILES string of the molecule is CCNC(=NCC(C(C)C)N1CCc2ccccc2C1)NCC.I. The van der Waals surface area contributed by atoms with Gasteiger partial charge in [0.2, 0.25) is 0 Å². The van der Waals surface area contributed by atoms with Gasteiger partial charge in [0.15, 0.2) is 5.96 Å². The molecule has 1 aromatic rings. The van der Waals surface area contributed by atoms with E-state index in [2.05, 4.69) is 67.5 Å². The van der Waals surface area contributed by atoms with Crippen molar-refractivity contribution in [3.63, 3.8) is 0 Å². The largest absolute Gasteiger partial charge is 0.357 e. The molecule has 0 bridgehead atoms. The molecule has 1 aromatic carbocycles. The minimum atomic E-state index is 0. The number of aliphatic imine (C=N–C) groups is 1. The molecule has 0 aromatic heterocycles. The van der Waals surface area contributed by atoms with Crippen LogP contribution >= 0.6 is 24.0 Å². The van der Waals surface area contributed by atoms with Crippen LogP contribution in [0.2, 0.25) is 0 Å². The molecule has 0 spiro atoms. The highest BCUT2D eigenvalue weighted by Crippen LogP contribution is 2.23. The van der Waals surface area contributed by atoms with Gasteiger partial charge in [-0.15, -0.1) is 24.0 Å². The minimum absolute atomic E-state index is 0. The first-order valence-corrected chi connectivity index (χ1v) is 8.98. The first-order valence-electron chi connectivity index (χ1n) is 8.98. The van der Waals surface area contributed by atoms with E-state index in [-0.39, 0.29) is 24.0 Å². The highest BCUT2D eigenvalue weighted by Gasteiger charge is 2.25. The van der Waals surface area contributed by atoms with E-state index in [1.54, 1.807) is 0 Å². The van der Waals surface area contributed by atoms with Crippen LogP contribution < -0.4 is 10.6 Å². The lowest BCUT2D eigenvalue weighted by molar-refractivity contribution is 0.144. The average molecular weight is 444 g/mol. The number of fused-ring (bicyclic) bond motifs is 1. The number of hydrogen-bond acceptors (Lipinski definition) is 2. The van der Waals surface area contributed by atoms with E-state index < -0.39 is 0 Å². The summed E-state index contributed by atoms with van der Waals surface area (Å²) in [5.41, 5.74) is 2.99. The maximum absolute atomic E-state index is 4.81. The Bertz CT molecular complexity index is 508. The number of halogens is 1. The molecular weight excluding hydrogens is 411 g/mol. The molecule has 0 saturated carbocycles. The molecule has 0 saturated heterocycles. The Morgan fingerprint density at radius 2 is 1.75 bits per heavy atom. The molecule has 1 atom stereocenters. The van der Waals surface area contributed by atoms with Gasteiger partial charge in [0.25, 0.3) is 0 Å². The van der Waals surface area contributed by atoms with Crippen molar-refractivity contribution < 1.29 is 0 Å². The quantitative estimate of drug-likeness (QED) is 0.402. The van der Waals surface area contributed by atoms with Crippen molar-refractivity contribution in [2.75, 3.05) is 26.2 Å². The Balaban J connectivity index is 0.00000288. The van der Waals surface area contributed by atoms with Gasteiger partial charge in [-0.25, -0.2) is 0 Å². The molecule has 1 aliphatic rings. The molecule has 0 radical (unpaired) electrons. The summed E-state index contributed by atoms with van der Waals surface area (Å²) in [7, 11) is 0. The zero-order valence-electron chi connectivity index (χ0n) is 15.5. The molecule has 1 heterocycles. The summed E-state index contributed by atoms with van der Waals surface area (Å²) >= 11 is 0. The zero-order valence-corrected chi connectivity index (χ0v) is 17.8. The third-order valence-electron chi connectivity index (χ3n) is 4.52. The van der Waals surface area contributed by atoms with Gasteiger partial charge in [0.1, 0.15) is 0 Å². The summed E-state index contributed by atoms with van der Waals surface area (Å²) < 4.78 is 0. The molecule has 136 valence electrons. The predicted octanol–water partition coefficient (Wildman–Crippen LogP) is 3.26.